The molecule has 0 radical (unpaired) electrons. The van der Waals surface area contributed by atoms with E-state index in [1.807, 2.05) is 23.9 Å². The SMILES string of the molecule is CCNC(=NCC1CCCS1)NCCNC(=O)c1ccc(Br)cc1. The number of halogens is 1. The molecule has 0 saturated carbocycles. The molecule has 0 aromatic heterocycles. The molecule has 0 aliphatic carbocycles. The number of guanidine groups is 1. The van der Waals surface area contributed by atoms with Crippen molar-refractivity contribution in [1.82, 2.24) is 16.0 Å². The fraction of sp³-hybridized carbons (Fsp3) is 0.529. The van der Waals surface area contributed by atoms with E-state index in [9.17, 15) is 4.79 Å². The molecule has 1 aliphatic rings. The molecule has 1 unspecified atom stereocenters. The maximum Gasteiger partial charge on any atom is 0.251 e. The minimum atomic E-state index is -0.0615. The summed E-state index contributed by atoms with van der Waals surface area (Å²) in [6.45, 7) is 4.93. The Kier molecular flexibility index (Phi) is 8.45. The summed E-state index contributed by atoms with van der Waals surface area (Å²) in [6.07, 6.45) is 2.56. The largest absolute Gasteiger partial charge is 0.357 e. The summed E-state index contributed by atoms with van der Waals surface area (Å²) in [6, 6.07) is 7.34. The van der Waals surface area contributed by atoms with Gasteiger partial charge in [-0.15, -0.1) is 0 Å². The Balaban J connectivity index is 1.70. The first-order valence-corrected chi connectivity index (χ1v) is 10.2. The van der Waals surface area contributed by atoms with Gasteiger partial charge in [0, 0.05) is 34.9 Å². The summed E-state index contributed by atoms with van der Waals surface area (Å²) >= 11 is 5.38. The Hall–Kier alpha value is -1.21. The van der Waals surface area contributed by atoms with Crippen LogP contribution in [0.4, 0.5) is 0 Å². The molecule has 0 spiro atoms. The second kappa shape index (κ2) is 10.6. The Morgan fingerprint density at radius 2 is 2.00 bits per heavy atom. The van der Waals surface area contributed by atoms with Crippen molar-refractivity contribution in [2.24, 2.45) is 4.99 Å². The number of carbonyl (C=O) groups is 1. The van der Waals surface area contributed by atoms with Gasteiger partial charge < -0.3 is 16.0 Å². The molecule has 2 rings (SSSR count). The van der Waals surface area contributed by atoms with Gasteiger partial charge in [0.25, 0.3) is 5.91 Å². The second-order valence-corrected chi connectivity index (χ2v) is 7.87. The Morgan fingerprint density at radius 1 is 1.25 bits per heavy atom. The summed E-state index contributed by atoms with van der Waals surface area (Å²) in [7, 11) is 0. The molecular weight excluding hydrogens is 388 g/mol. The Labute approximate surface area is 156 Å². The number of carbonyl (C=O) groups excluding carboxylic acids is 1. The van der Waals surface area contributed by atoms with Crippen molar-refractivity contribution in [2.45, 2.75) is 25.0 Å². The van der Waals surface area contributed by atoms with Gasteiger partial charge in [0.15, 0.2) is 5.96 Å². The molecule has 24 heavy (non-hydrogen) atoms. The number of nitrogens with one attached hydrogen (secondary N) is 3. The molecule has 7 heteroatoms. The fourth-order valence-electron chi connectivity index (χ4n) is 2.38. The quantitative estimate of drug-likeness (QED) is 0.365. The van der Waals surface area contributed by atoms with Crippen molar-refractivity contribution in [3.8, 4) is 0 Å². The molecule has 5 nitrogen and oxygen atoms in total. The first kappa shape index (κ1) is 19.1. The van der Waals surface area contributed by atoms with E-state index in [0.29, 0.717) is 23.9 Å². The summed E-state index contributed by atoms with van der Waals surface area (Å²) in [4.78, 5) is 16.7. The molecule has 1 fully saturated rings. The van der Waals surface area contributed by atoms with Crippen LogP contribution in [0.3, 0.4) is 0 Å². The third-order valence-electron chi connectivity index (χ3n) is 3.63. The van der Waals surface area contributed by atoms with Crippen molar-refractivity contribution in [2.75, 3.05) is 31.9 Å². The monoisotopic (exact) mass is 412 g/mol. The number of hydrogen-bond donors (Lipinski definition) is 3. The van der Waals surface area contributed by atoms with Gasteiger partial charge >= 0.3 is 0 Å². The van der Waals surface area contributed by atoms with E-state index in [-0.39, 0.29) is 5.91 Å². The van der Waals surface area contributed by atoms with Gasteiger partial charge in [-0.1, -0.05) is 15.9 Å². The summed E-state index contributed by atoms with van der Waals surface area (Å²) < 4.78 is 0.965. The van der Waals surface area contributed by atoms with Crippen LogP contribution in [0.25, 0.3) is 0 Å². The highest BCUT2D eigenvalue weighted by molar-refractivity contribution is 9.10. The van der Waals surface area contributed by atoms with Crippen LogP contribution in [0, 0.1) is 0 Å². The number of amides is 1. The number of benzene rings is 1. The maximum atomic E-state index is 12.0. The van der Waals surface area contributed by atoms with Crippen molar-refractivity contribution in [3.05, 3.63) is 34.3 Å². The zero-order chi connectivity index (χ0) is 17.2. The number of rotatable bonds is 7. The average Bonchev–Trinajstić information content (AvgIpc) is 3.10. The van der Waals surface area contributed by atoms with Gasteiger partial charge in [-0.3, -0.25) is 9.79 Å². The van der Waals surface area contributed by atoms with Gasteiger partial charge in [-0.25, -0.2) is 0 Å². The minimum absolute atomic E-state index is 0.0615. The minimum Gasteiger partial charge on any atom is -0.357 e. The molecule has 0 bridgehead atoms. The predicted octanol–water partition coefficient (Wildman–Crippen LogP) is 2.63. The molecule has 1 aromatic rings. The van der Waals surface area contributed by atoms with Crippen LogP contribution >= 0.6 is 27.7 Å². The van der Waals surface area contributed by atoms with Crippen LogP contribution in [0.15, 0.2) is 33.7 Å². The fourth-order valence-corrected chi connectivity index (χ4v) is 3.83. The third-order valence-corrected chi connectivity index (χ3v) is 5.54. The average molecular weight is 413 g/mol. The van der Waals surface area contributed by atoms with Crippen molar-refractivity contribution < 1.29 is 4.79 Å². The zero-order valence-corrected chi connectivity index (χ0v) is 16.4. The van der Waals surface area contributed by atoms with Crippen LogP contribution in [-0.4, -0.2) is 49.0 Å². The molecule has 3 N–H and O–H groups in total. The van der Waals surface area contributed by atoms with Crippen LogP contribution in [0.1, 0.15) is 30.1 Å². The van der Waals surface area contributed by atoms with Crippen LogP contribution in [0.2, 0.25) is 0 Å². The van der Waals surface area contributed by atoms with Crippen molar-refractivity contribution >= 4 is 39.6 Å². The van der Waals surface area contributed by atoms with Gasteiger partial charge in [0.1, 0.15) is 0 Å². The van der Waals surface area contributed by atoms with E-state index in [1.165, 1.54) is 18.6 Å². The van der Waals surface area contributed by atoms with Gasteiger partial charge in [-0.2, -0.15) is 11.8 Å². The zero-order valence-electron chi connectivity index (χ0n) is 14.0. The lowest BCUT2D eigenvalue weighted by Gasteiger charge is -2.13. The smallest absolute Gasteiger partial charge is 0.251 e. The number of thioether (sulfide) groups is 1. The number of aliphatic imine (C=N–C) groups is 1. The molecule has 1 heterocycles. The lowest BCUT2D eigenvalue weighted by Crippen LogP contribution is -2.41. The molecule has 1 aliphatic heterocycles. The first-order chi connectivity index (χ1) is 11.7. The van der Waals surface area contributed by atoms with Gasteiger partial charge in [0.2, 0.25) is 0 Å². The summed E-state index contributed by atoms with van der Waals surface area (Å²) in [5.74, 6) is 2.02. The van der Waals surface area contributed by atoms with Crippen LogP contribution < -0.4 is 16.0 Å². The van der Waals surface area contributed by atoms with E-state index in [1.54, 1.807) is 12.1 Å². The molecule has 1 amide bonds. The van der Waals surface area contributed by atoms with E-state index < -0.39 is 0 Å². The maximum absolute atomic E-state index is 12.0. The normalized spacial score (nSPS) is 17.6. The van der Waals surface area contributed by atoms with Gasteiger partial charge in [-0.05, 0) is 49.8 Å². The highest BCUT2D eigenvalue weighted by Crippen LogP contribution is 2.25. The van der Waals surface area contributed by atoms with Crippen molar-refractivity contribution in [3.63, 3.8) is 0 Å². The predicted molar refractivity (Wildman–Crippen MR) is 106 cm³/mol. The second-order valence-electron chi connectivity index (χ2n) is 5.54. The summed E-state index contributed by atoms with van der Waals surface area (Å²) in [5, 5.41) is 10.1. The highest BCUT2D eigenvalue weighted by atomic mass is 79.9. The topological polar surface area (TPSA) is 65.5 Å². The number of hydrogen-bond acceptors (Lipinski definition) is 3. The molecule has 1 aromatic carbocycles. The lowest BCUT2D eigenvalue weighted by atomic mass is 10.2. The number of nitrogens with zero attached hydrogens (tertiary/aromatic N) is 1. The first-order valence-electron chi connectivity index (χ1n) is 8.36. The van der Waals surface area contributed by atoms with E-state index in [2.05, 4.69) is 43.8 Å². The standard InChI is InChI=1S/C17H25BrN4OS/c1-2-19-17(22-12-15-4-3-11-24-15)21-10-9-20-16(23)13-5-7-14(18)8-6-13/h5-8,15H,2-4,9-12H2,1H3,(H,20,23)(H2,19,21,22). The molecule has 1 atom stereocenters. The molecule has 132 valence electrons. The summed E-state index contributed by atoms with van der Waals surface area (Å²) in [5.41, 5.74) is 0.664. The molecular formula is C17H25BrN4OS. The highest BCUT2D eigenvalue weighted by Gasteiger charge is 2.14. The lowest BCUT2D eigenvalue weighted by molar-refractivity contribution is 0.0954. The van der Waals surface area contributed by atoms with Crippen LogP contribution in [0.5, 0.6) is 0 Å². The Morgan fingerprint density at radius 3 is 2.67 bits per heavy atom. The van der Waals surface area contributed by atoms with Crippen molar-refractivity contribution in [1.29, 1.82) is 0 Å². The van der Waals surface area contributed by atoms with E-state index in [4.69, 9.17) is 0 Å². The Bertz CT molecular complexity index is 544. The third kappa shape index (κ3) is 6.73. The molecule has 1 saturated heterocycles. The van der Waals surface area contributed by atoms with E-state index in [0.717, 1.165) is 23.5 Å². The van der Waals surface area contributed by atoms with Gasteiger partial charge in [0.05, 0.1) is 6.54 Å². The van der Waals surface area contributed by atoms with E-state index >= 15 is 0 Å². The van der Waals surface area contributed by atoms with Crippen LogP contribution in [-0.2, 0) is 0 Å².